The van der Waals surface area contributed by atoms with Gasteiger partial charge < -0.3 is 10.1 Å². The third-order valence-electron chi connectivity index (χ3n) is 6.77. The van der Waals surface area contributed by atoms with Gasteiger partial charge in [0, 0.05) is 17.8 Å². The molecule has 39 heavy (non-hydrogen) atoms. The lowest BCUT2D eigenvalue weighted by Gasteiger charge is -2.31. The average molecular weight is 531 g/mol. The molecule has 4 amide bonds. The number of imide groups is 2. The highest BCUT2D eigenvalue weighted by atomic mass is 16.6. The number of methoxy groups -OCH3 is 1. The number of amides is 4. The Morgan fingerprint density at radius 1 is 0.974 bits per heavy atom. The molecule has 3 aromatic rings. The summed E-state index contributed by atoms with van der Waals surface area (Å²) in [6.45, 7) is 5.20. The van der Waals surface area contributed by atoms with Crippen LogP contribution in [0.1, 0.15) is 32.4 Å². The summed E-state index contributed by atoms with van der Waals surface area (Å²) >= 11 is 0. The number of carbonyl (C=O) groups excluding carboxylic acids is 3. The molecule has 1 saturated heterocycles. The Kier molecular flexibility index (Phi) is 7.94. The van der Waals surface area contributed by atoms with Gasteiger partial charge in [0.05, 0.1) is 29.7 Å². The smallest absolute Gasteiger partial charge is 0.338 e. The molecule has 1 fully saturated rings. The van der Waals surface area contributed by atoms with Crippen molar-refractivity contribution in [2.24, 2.45) is 11.8 Å². The molecule has 1 aliphatic heterocycles. The number of anilines is 2. The Hall–Kier alpha value is -4.73. The van der Waals surface area contributed by atoms with Gasteiger partial charge in [-0.3, -0.25) is 24.6 Å². The topological polar surface area (TPSA) is 122 Å². The fourth-order valence-corrected chi connectivity index (χ4v) is 4.75. The molecule has 0 saturated carbocycles. The summed E-state index contributed by atoms with van der Waals surface area (Å²) in [6, 6.07) is 19.0. The second-order valence-electron chi connectivity index (χ2n) is 9.68. The van der Waals surface area contributed by atoms with E-state index >= 15 is 0 Å². The third-order valence-corrected chi connectivity index (χ3v) is 6.77. The molecule has 0 radical (unpaired) electrons. The summed E-state index contributed by atoms with van der Waals surface area (Å²) in [5, 5.41) is 14.8. The van der Waals surface area contributed by atoms with Crippen molar-refractivity contribution < 1.29 is 24.0 Å². The number of hydrogen-bond acceptors (Lipinski definition) is 7. The van der Waals surface area contributed by atoms with E-state index in [1.807, 2.05) is 0 Å². The highest BCUT2D eigenvalue weighted by Gasteiger charge is 2.51. The largest absolute Gasteiger partial charge is 0.497 e. The van der Waals surface area contributed by atoms with Gasteiger partial charge in [-0.15, -0.1) is 0 Å². The van der Waals surface area contributed by atoms with Gasteiger partial charge in [-0.2, -0.15) is 0 Å². The Labute approximate surface area is 226 Å². The molecular formula is C29H30N4O6. The zero-order valence-electron chi connectivity index (χ0n) is 22.1. The maximum atomic E-state index is 14.0. The second-order valence-corrected chi connectivity index (χ2v) is 9.68. The first-order valence-corrected chi connectivity index (χ1v) is 12.5. The molecule has 0 spiro atoms. The number of nitro benzene ring substituents is 1. The van der Waals surface area contributed by atoms with E-state index in [9.17, 15) is 24.5 Å². The minimum absolute atomic E-state index is 0.128. The highest BCUT2D eigenvalue weighted by Crippen LogP contribution is 2.35. The van der Waals surface area contributed by atoms with Crippen LogP contribution in [0, 0.1) is 22.0 Å². The molecule has 3 atom stereocenters. The first-order chi connectivity index (χ1) is 18.6. The molecule has 0 aliphatic carbocycles. The van der Waals surface area contributed by atoms with Crippen LogP contribution in [-0.2, 0) is 9.59 Å². The number of carbonyl (C=O) groups is 3. The molecule has 0 bridgehead atoms. The molecule has 10 nitrogen and oxygen atoms in total. The second kappa shape index (κ2) is 11.3. The van der Waals surface area contributed by atoms with Crippen molar-refractivity contribution in [3.8, 4) is 5.75 Å². The van der Waals surface area contributed by atoms with Crippen molar-refractivity contribution in [1.82, 2.24) is 4.90 Å². The summed E-state index contributed by atoms with van der Waals surface area (Å²) in [6.07, 6.45) is 0. The average Bonchev–Trinajstić information content (AvgIpc) is 3.21. The van der Waals surface area contributed by atoms with Crippen LogP contribution < -0.4 is 15.0 Å². The van der Waals surface area contributed by atoms with Gasteiger partial charge in [0.25, 0.3) is 11.6 Å². The summed E-state index contributed by atoms with van der Waals surface area (Å²) < 4.78 is 5.22. The summed E-state index contributed by atoms with van der Waals surface area (Å²) in [4.78, 5) is 54.1. The van der Waals surface area contributed by atoms with Crippen molar-refractivity contribution in [2.45, 2.75) is 32.9 Å². The fourth-order valence-electron chi connectivity index (χ4n) is 4.75. The van der Waals surface area contributed by atoms with Crippen LogP contribution in [0.15, 0.2) is 78.9 Å². The lowest BCUT2D eigenvalue weighted by atomic mass is 9.91. The van der Waals surface area contributed by atoms with E-state index < -0.39 is 40.8 Å². The summed E-state index contributed by atoms with van der Waals surface area (Å²) in [7, 11) is 1.55. The van der Waals surface area contributed by atoms with Crippen LogP contribution in [0.25, 0.3) is 0 Å². The number of nitrogens with one attached hydrogen (secondary N) is 1. The van der Waals surface area contributed by atoms with Crippen LogP contribution in [-0.4, -0.2) is 40.8 Å². The number of rotatable bonds is 9. The zero-order chi connectivity index (χ0) is 28.3. The number of urea groups is 1. The first-order valence-electron chi connectivity index (χ1n) is 12.5. The molecule has 4 rings (SSSR count). The Morgan fingerprint density at radius 2 is 1.64 bits per heavy atom. The standard InChI is InChI=1S/C29H30N4O6/c1-18(2)26-28(35)31(22-10-6-5-7-11-22)29(36)32(26)27(34)19(3)25(20-9-8-12-23(17-20)33(37)38)30-21-13-15-24(39-4)16-14-21/h5-19,25-26,30H,1-4H3/t19-,25+,26+/m1/s1. The number of non-ortho nitro benzene ring substituents is 1. The van der Waals surface area contributed by atoms with Crippen LogP contribution in [0.2, 0.25) is 0 Å². The van der Waals surface area contributed by atoms with Crippen LogP contribution in [0.4, 0.5) is 21.9 Å². The fraction of sp³-hybridized carbons (Fsp3) is 0.276. The minimum atomic E-state index is -0.987. The van der Waals surface area contributed by atoms with Gasteiger partial charge in [0.1, 0.15) is 11.8 Å². The molecule has 0 unspecified atom stereocenters. The molecule has 202 valence electrons. The van der Waals surface area contributed by atoms with Gasteiger partial charge in [0.2, 0.25) is 5.91 Å². The predicted molar refractivity (Wildman–Crippen MR) is 146 cm³/mol. The molecule has 1 N–H and O–H groups in total. The minimum Gasteiger partial charge on any atom is -0.497 e. The van der Waals surface area contributed by atoms with Gasteiger partial charge >= 0.3 is 6.03 Å². The Bertz CT molecular complexity index is 1380. The quantitative estimate of drug-likeness (QED) is 0.223. The highest BCUT2D eigenvalue weighted by molar-refractivity contribution is 6.25. The Balaban J connectivity index is 1.73. The monoisotopic (exact) mass is 530 g/mol. The number of para-hydroxylation sites is 1. The first kappa shape index (κ1) is 27.3. The molecular weight excluding hydrogens is 500 g/mol. The maximum Gasteiger partial charge on any atom is 0.338 e. The lowest BCUT2D eigenvalue weighted by Crippen LogP contribution is -2.47. The van der Waals surface area contributed by atoms with Crippen molar-refractivity contribution in [3.63, 3.8) is 0 Å². The van der Waals surface area contributed by atoms with Gasteiger partial charge in [0.15, 0.2) is 0 Å². The van der Waals surface area contributed by atoms with E-state index in [1.165, 1.54) is 12.1 Å². The third kappa shape index (κ3) is 5.45. The van der Waals surface area contributed by atoms with E-state index in [4.69, 9.17) is 4.74 Å². The summed E-state index contributed by atoms with van der Waals surface area (Å²) in [5.74, 6) is -1.63. The van der Waals surface area contributed by atoms with E-state index in [0.29, 0.717) is 22.7 Å². The number of nitrogens with zero attached hydrogens (tertiary/aromatic N) is 3. The van der Waals surface area contributed by atoms with Crippen molar-refractivity contribution in [2.75, 3.05) is 17.3 Å². The number of benzene rings is 3. The lowest BCUT2D eigenvalue weighted by molar-refractivity contribution is -0.384. The van der Waals surface area contributed by atoms with Gasteiger partial charge in [-0.1, -0.05) is 51.1 Å². The van der Waals surface area contributed by atoms with E-state index in [-0.39, 0.29) is 11.6 Å². The molecule has 0 aromatic heterocycles. The Morgan fingerprint density at radius 3 is 2.23 bits per heavy atom. The maximum absolute atomic E-state index is 14.0. The van der Waals surface area contributed by atoms with E-state index in [2.05, 4.69) is 5.32 Å². The predicted octanol–water partition coefficient (Wildman–Crippen LogP) is 5.41. The van der Waals surface area contributed by atoms with Crippen molar-refractivity contribution in [3.05, 3.63) is 94.5 Å². The van der Waals surface area contributed by atoms with Crippen LogP contribution in [0.3, 0.4) is 0 Å². The van der Waals surface area contributed by atoms with Crippen LogP contribution in [0.5, 0.6) is 5.75 Å². The van der Waals surface area contributed by atoms with E-state index in [1.54, 1.807) is 94.6 Å². The number of nitro groups is 1. The molecule has 3 aromatic carbocycles. The number of hydrogen-bond donors (Lipinski definition) is 1. The number of ether oxygens (including phenoxy) is 1. The van der Waals surface area contributed by atoms with Crippen molar-refractivity contribution in [1.29, 1.82) is 0 Å². The SMILES string of the molecule is COc1ccc(N[C@H](c2cccc([N+](=O)[O-])c2)[C@@H](C)C(=O)N2C(=O)N(c3ccccc3)C(=O)[C@@H]2C(C)C)cc1. The molecule has 1 heterocycles. The van der Waals surface area contributed by atoms with Gasteiger partial charge in [-0.05, 0) is 47.9 Å². The van der Waals surface area contributed by atoms with Crippen molar-refractivity contribution >= 4 is 34.9 Å². The van der Waals surface area contributed by atoms with Gasteiger partial charge in [-0.25, -0.2) is 9.69 Å². The van der Waals surface area contributed by atoms with Crippen LogP contribution >= 0.6 is 0 Å². The normalized spacial score (nSPS) is 16.8. The van der Waals surface area contributed by atoms with E-state index in [0.717, 1.165) is 9.80 Å². The molecule has 1 aliphatic rings. The summed E-state index contributed by atoms with van der Waals surface area (Å²) in [5.41, 5.74) is 1.38. The molecule has 10 heteroatoms. The zero-order valence-corrected chi connectivity index (χ0v) is 22.1.